The van der Waals surface area contributed by atoms with Crippen molar-refractivity contribution in [2.45, 2.75) is 18.6 Å². The van der Waals surface area contributed by atoms with Crippen molar-refractivity contribution in [1.29, 1.82) is 0 Å². The van der Waals surface area contributed by atoms with Crippen molar-refractivity contribution >= 4 is 22.9 Å². The Morgan fingerprint density at radius 3 is 2.73 bits per heavy atom. The number of furan rings is 1. The summed E-state index contributed by atoms with van der Waals surface area (Å²) in [6.45, 7) is 1.80. The van der Waals surface area contributed by atoms with Gasteiger partial charge < -0.3 is 24.1 Å². The third kappa shape index (κ3) is 3.90. The van der Waals surface area contributed by atoms with E-state index >= 15 is 0 Å². The molecule has 0 spiro atoms. The van der Waals surface area contributed by atoms with Crippen molar-refractivity contribution in [2.24, 2.45) is 0 Å². The highest BCUT2D eigenvalue weighted by Crippen LogP contribution is 2.35. The van der Waals surface area contributed by atoms with Crippen LogP contribution in [0.5, 0.6) is 11.5 Å². The number of nitrogens with zero attached hydrogens (tertiary/aromatic N) is 2. The summed E-state index contributed by atoms with van der Waals surface area (Å²) < 4.78 is 17.3. The largest absolute Gasteiger partial charge is 0.497 e. The van der Waals surface area contributed by atoms with Crippen LogP contribution in [0.15, 0.2) is 46.9 Å². The number of rotatable bonds is 6. The van der Waals surface area contributed by atoms with Gasteiger partial charge >= 0.3 is 6.03 Å². The SMILES string of the molecule is COc1ccc2c(c1)OCN(C[C@@]1(c3cc4cc(CN(C)C)ccc4o3)NC(=O)NC1=O)C2. The van der Waals surface area contributed by atoms with E-state index in [-0.39, 0.29) is 13.3 Å². The van der Waals surface area contributed by atoms with Crippen LogP contribution < -0.4 is 20.1 Å². The van der Waals surface area contributed by atoms with Gasteiger partial charge in [-0.2, -0.15) is 0 Å². The molecule has 0 radical (unpaired) electrons. The topological polar surface area (TPSA) is 96.3 Å². The van der Waals surface area contributed by atoms with Crippen LogP contribution in [0.3, 0.4) is 0 Å². The summed E-state index contributed by atoms with van der Waals surface area (Å²) in [7, 11) is 5.62. The normalized spacial score (nSPS) is 20.5. The molecule has 172 valence electrons. The first-order valence-corrected chi connectivity index (χ1v) is 10.7. The second kappa shape index (κ2) is 8.09. The summed E-state index contributed by atoms with van der Waals surface area (Å²) in [6.07, 6.45) is 0. The lowest BCUT2D eigenvalue weighted by atomic mass is 9.94. The number of hydrogen-bond acceptors (Lipinski definition) is 7. The first-order chi connectivity index (χ1) is 15.9. The molecule has 2 aliphatic heterocycles. The number of ether oxygens (including phenoxy) is 2. The number of benzene rings is 2. The maximum atomic E-state index is 13.1. The molecule has 3 aromatic rings. The Hall–Kier alpha value is -3.56. The molecule has 2 N–H and O–H groups in total. The Morgan fingerprint density at radius 1 is 1.15 bits per heavy atom. The highest BCUT2D eigenvalue weighted by atomic mass is 16.5. The van der Waals surface area contributed by atoms with Crippen molar-refractivity contribution in [3.63, 3.8) is 0 Å². The molecule has 2 aromatic carbocycles. The minimum Gasteiger partial charge on any atom is -0.497 e. The van der Waals surface area contributed by atoms with Crippen LogP contribution in [-0.4, -0.2) is 56.2 Å². The van der Waals surface area contributed by atoms with E-state index in [1.165, 1.54) is 0 Å². The average Bonchev–Trinajstić information content (AvgIpc) is 3.33. The van der Waals surface area contributed by atoms with Gasteiger partial charge in [-0.25, -0.2) is 4.79 Å². The smallest absolute Gasteiger partial charge is 0.322 e. The number of urea groups is 1. The first-order valence-electron chi connectivity index (χ1n) is 10.7. The van der Waals surface area contributed by atoms with E-state index in [1.807, 2.05) is 61.5 Å². The molecule has 0 aliphatic carbocycles. The quantitative estimate of drug-likeness (QED) is 0.557. The number of fused-ring (bicyclic) bond motifs is 2. The lowest BCUT2D eigenvalue weighted by molar-refractivity contribution is -0.126. The summed E-state index contributed by atoms with van der Waals surface area (Å²) >= 11 is 0. The number of nitrogens with one attached hydrogen (secondary N) is 2. The van der Waals surface area contributed by atoms with Crippen molar-refractivity contribution < 1.29 is 23.5 Å². The van der Waals surface area contributed by atoms with E-state index in [0.29, 0.717) is 17.9 Å². The van der Waals surface area contributed by atoms with E-state index in [4.69, 9.17) is 13.9 Å². The molecule has 0 unspecified atom stereocenters. The Labute approximate surface area is 191 Å². The molecule has 1 aromatic heterocycles. The molecular formula is C24H26N4O5. The highest BCUT2D eigenvalue weighted by Gasteiger charge is 2.51. The fraction of sp³-hybridized carbons (Fsp3) is 0.333. The zero-order valence-corrected chi connectivity index (χ0v) is 18.8. The van der Waals surface area contributed by atoms with Crippen molar-refractivity contribution in [3.8, 4) is 11.5 Å². The Balaban J connectivity index is 1.46. The van der Waals surface area contributed by atoms with E-state index in [0.717, 1.165) is 34.6 Å². The van der Waals surface area contributed by atoms with Gasteiger partial charge in [0.15, 0.2) is 5.54 Å². The summed E-state index contributed by atoms with van der Waals surface area (Å²) in [5.41, 5.74) is 1.41. The molecule has 3 heterocycles. The van der Waals surface area contributed by atoms with Gasteiger partial charge in [-0.1, -0.05) is 12.1 Å². The number of carbonyl (C=O) groups excluding carboxylic acids is 2. The molecular weight excluding hydrogens is 424 g/mol. The number of carbonyl (C=O) groups is 2. The van der Waals surface area contributed by atoms with Gasteiger partial charge in [0.05, 0.1) is 7.11 Å². The predicted molar refractivity (Wildman–Crippen MR) is 121 cm³/mol. The van der Waals surface area contributed by atoms with Crippen LogP contribution >= 0.6 is 0 Å². The van der Waals surface area contributed by atoms with E-state index in [2.05, 4.69) is 15.5 Å². The fourth-order valence-electron chi connectivity index (χ4n) is 4.43. The summed E-state index contributed by atoms with van der Waals surface area (Å²) in [4.78, 5) is 29.3. The van der Waals surface area contributed by atoms with Crippen LogP contribution in [0, 0.1) is 0 Å². The maximum absolute atomic E-state index is 13.1. The molecule has 1 saturated heterocycles. The third-order valence-electron chi connectivity index (χ3n) is 5.97. The molecule has 1 fully saturated rings. The third-order valence-corrected chi connectivity index (χ3v) is 5.97. The highest BCUT2D eigenvalue weighted by molar-refractivity contribution is 6.07. The summed E-state index contributed by atoms with van der Waals surface area (Å²) in [6, 6.07) is 12.9. The van der Waals surface area contributed by atoms with Crippen LogP contribution in [0.4, 0.5) is 4.79 Å². The van der Waals surface area contributed by atoms with E-state index in [9.17, 15) is 9.59 Å². The zero-order chi connectivity index (χ0) is 23.2. The van der Waals surface area contributed by atoms with Gasteiger partial charge in [0.1, 0.15) is 29.6 Å². The van der Waals surface area contributed by atoms with Crippen molar-refractivity contribution in [3.05, 3.63) is 59.4 Å². The summed E-state index contributed by atoms with van der Waals surface area (Å²) in [5.74, 6) is 1.41. The molecule has 9 nitrogen and oxygen atoms in total. The number of methoxy groups -OCH3 is 1. The Bertz CT molecular complexity index is 1240. The van der Waals surface area contributed by atoms with Gasteiger partial charge in [-0.05, 0) is 43.9 Å². The number of imide groups is 1. The predicted octanol–water partition coefficient (Wildman–Crippen LogP) is 2.39. The van der Waals surface area contributed by atoms with Crippen LogP contribution in [-0.2, 0) is 23.4 Å². The standard InChI is InChI=1S/C24H26N4O5/c1-27(2)11-15-4-7-19-17(8-15)9-21(33-19)24(22(29)25-23(30)26-24)13-28-12-16-5-6-18(31-3)10-20(16)32-14-28/h4-10H,11-14H2,1-3H3,(H2,25,26,29,30)/t24-/m0/s1. The molecule has 33 heavy (non-hydrogen) atoms. The van der Waals surface area contributed by atoms with Crippen LogP contribution in [0.2, 0.25) is 0 Å². The Morgan fingerprint density at radius 2 is 2.00 bits per heavy atom. The molecule has 3 amide bonds. The zero-order valence-electron chi connectivity index (χ0n) is 18.8. The molecule has 0 bridgehead atoms. The molecule has 9 heteroatoms. The lowest BCUT2D eigenvalue weighted by Gasteiger charge is -2.34. The summed E-state index contributed by atoms with van der Waals surface area (Å²) in [5, 5.41) is 6.06. The van der Waals surface area contributed by atoms with Gasteiger partial charge in [0, 0.05) is 36.7 Å². The van der Waals surface area contributed by atoms with Gasteiger partial charge in [0.2, 0.25) is 0 Å². The fourth-order valence-corrected chi connectivity index (χ4v) is 4.43. The molecule has 0 saturated carbocycles. The molecule has 1 atom stereocenters. The van der Waals surface area contributed by atoms with Crippen LogP contribution in [0.1, 0.15) is 16.9 Å². The van der Waals surface area contributed by atoms with Crippen molar-refractivity contribution in [1.82, 2.24) is 20.4 Å². The second-order valence-electron chi connectivity index (χ2n) is 8.77. The van der Waals surface area contributed by atoms with Gasteiger partial charge in [0.25, 0.3) is 5.91 Å². The molecule has 2 aliphatic rings. The maximum Gasteiger partial charge on any atom is 0.322 e. The van der Waals surface area contributed by atoms with Crippen LogP contribution in [0.25, 0.3) is 11.0 Å². The van der Waals surface area contributed by atoms with Gasteiger partial charge in [-0.3, -0.25) is 15.0 Å². The van der Waals surface area contributed by atoms with Crippen molar-refractivity contribution in [2.75, 3.05) is 34.5 Å². The lowest BCUT2D eigenvalue weighted by Crippen LogP contribution is -2.53. The Kier molecular flexibility index (Phi) is 5.22. The number of hydrogen-bond donors (Lipinski definition) is 2. The van der Waals surface area contributed by atoms with Gasteiger partial charge in [-0.15, -0.1) is 0 Å². The minimum atomic E-state index is -1.36. The van der Waals surface area contributed by atoms with E-state index < -0.39 is 17.5 Å². The average molecular weight is 450 g/mol. The minimum absolute atomic E-state index is 0.195. The molecule has 5 rings (SSSR count). The second-order valence-corrected chi connectivity index (χ2v) is 8.77. The first kappa shape index (κ1) is 21.3. The van der Waals surface area contributed by atoms with E-state index in [1.54, 1.807) is 7.11 Å². The monoisotopic (exact) mass is 450 g/mol. The number of amides is 3.